The fraction of sp³-hybridized carbons (Fsp3) is 0.222. The van der Waals surface area contributed by atoms with Gasteiger partial charge in [0, 0.05) is 6.07 Å². The molecule has 2 rings (SSSR count). The molecule has 2 aromatic rings. The number of rotatable bonds is 8. The SMILES string of the molecule is CCOC(=O)CC(=O)Nc1ccc(OCc2ccccc2)cc1S(N)(=O)=O. The second-order valence-corrected chi connectivity index (χ2v) is 7.04. The fourth-order valence-corrected chi connectivity index (χ4v) is 2.92. The Morgan fingerprint density at radius 2 is 1.81 bits per heavy atom. The van der Waals surface area contributed by atoms with Crippen molar-refractivity contribution in [3.63, 3.8) is 0 Å². The molecule has 0 aliphatic heterocycles. The number of sulfonamides is 1. The minimum absolute atomic E-state index is 0.0427. The minimum atomic E-state index is -4.13. The Balaban J connectivity index is 2.15. The molecule has 27 heavy (non-hydrogen) atoms. The zero-order valence-corrected chi connectivity index (χ0v) is 15.5. The van der Waals surface area contributed by atoms with Crippen LogP contribution in [-0.2, 0) is 31.0 Å². The van der Waals surface area contributed by atoms with E-state index in [0.29, 0.717) is 0 Å². The number of benzene rings is 2. The van der Waals surface area contributed by atoms with Crippen molar-refractivity contribution in [1.29, 1.82) is 0 Å². The van der Waals surface area contributed by atoms with Crippen molar-refractivity contribution in [1.82, 2.24) is 0 Å². The average Bonchev–Trinajstić information content (AvgIpc) is 2.61. The number of hydrogen-bond acceptors (Lipinski definition) is 6. The molecule has 0 unspecified atom stereocenters. The summed E-state index contributed by atoms with van der Waals surface area (Å²) in [6.45, 7) is 1.99. The molecule has 0 aromatic heterocycles. The van der Waals surface area contributed by atoms with Gasteiger partial charge in [0.1, 0.15) is 23.7 Å². The molecule has 0 spiro atoms. The van der Waals surface area contributed by atoms with Crippen molar-refractivity contribution < 1.29 is 27.5 Å². The van der Waals surface area contributed by atoms with Gasteiger partial charge in [0.2, 0.25) is 15.9 Å². The number of amides is 1. The maximum Gasteiger partial charge on any atom is 0.315 e. The van der Waals surface area contributed by atoms with Crippen LogP contribution in [0.2, 0.25) is 0 Å². The first-order valence-corrected chi connectivity index (χ1v) is 9.63. The Kier molecular flexibility index (Phi) is 6.91. The van der Waals surface area contributed by atoms with E-state index in [9.17, 15) is 18.0 Å². The molecular weight excluding hydrogens is 372 g/mol. The van der Waals surface area contributed by atoms with Crippen LogP contribution in [0.25, 0.3) is 0 Å². The van der Waals surface area contributed by atoms with Crippen LogP contribution >= 0.6 is 0 Å². The van der Waals surface area contributed by atoms with Crippen LogP contribution in [-0.4, -0.2) is 26.9 Å². The predicted octanol–water partition coefficient (Wildman–Crippen LogP) is 1.80. The highest BCUT2D eigenvalue weighted by atomic mass is 32.2. The molecule has 1 amide bonds. The molecule has 0 aliphatic carbocycles. The van der Waals surface area contributed by atoms with E-state index in [1.165, 1.54) is 18.2 Å². The van der Waals surface area contributed by atoms with E-state index in [1.807, 2.05) is 30.3 Å². The molecule has 8 nitrogen and oxygen atoms in total. The number of hydrogen-bond donors (Lipinski definition) is 2. The van der Waals surface area contributed by atoms with E-state index < -0.39 is 28.3 Å². The highest BCUT2D eigenvalue weighted by Gasteiger charge is 2.19. The molecule has 0 atom stereocenters. The number of nitrogens with two attached hydrogens (primary N) is 1. The maximum absolute atomic E-state index is 11.9. The second-order valence-electron chi connectivity index (χ2n) is 5.51. The van der Waals surface area contributed by atoms with E-state index in [1.54, 1.807) is 6.92 Å². The molecule has 2 aromatic carbocycles. The van der Waals surface area contributed by atoms with E-state index >= 15 is 0 Å². The Morgan fingerprint density at radius 3 is 2.44 bits per heavy atom. The Hall–Kier alpha value is -2.91. The van der Waals surface area contributed by atoms with Gasteiger partial charge in [-0.25, -0.2) is 13.6 Å². The van der Waals surface area contributed by atoms with Crippen LogP contribution in [0.5, 0.6) is 5.75 Å². The quantitative estimate of drug-likeness (QED) is 0.521. The van der Waals surface area contributed by atoms with E-state index in [4.69, 9.17) is 9.88 Å². The van der Waals surface area contributed by atoms with Gasteiger partial charge in [-0.05, 0) is 24.6 Å². The third-order valence-electron chi connectivity index (χ3n) is 3.39. The van der Waals surface area contributed by atoms with Crippen LogP contribution in [0.1, 0.15) is 18.9 Å². The van der Waals surface area contributed by atoms with Crippen LogP contribution in [0.4, 0.5) is 5.69 Å². The van der Waals surface area contributed by atoms with Gasteiger partial charge in [-0.2, -0.15) is 0 Å². The summed E-state index contributed by atoms with van der Waals surface area (Å²) in [7, 11) is -4.13. The van der Waals surface area contributed by atoms with Crippen molar-refractivity contribution >= 4 is 27.6 Å². The molecule has 0 saturated heterocycles. The molecule has 9 heteroatoms. The summed E-state index contributed by atoms with van der Waals surface area (Å²) < 4.78 is 34.0. The molecular formula is C18H20N2O6S. The highest BCUT2D eigenvalue weighted by molar-refractivity contribution is 7.89. The summed E-state index contributed by atoms with van der Waals surface area (Å²) in [5.41, 5.74) is 0.861. The summed E-state index contributed by atoms with van der Waals surface area (Å²) in [5.74, 6) is -1.16. The summed E-state index contributed by atoms with van der Waals surface area (Å²) in [4.78, 5) is 22.9. The predicted molar refractivity (Wildman–Crippen MR) is 98.5 cm³/mol. The molecule has 0 bridgehead atoms. The van der Waals surface area contributed by atoms with Gasteiger partial charge in [0.25, 0.3) is 0 Å². The van der Waals surface area contributed by atoms with Crippen molar-refractivity contribution in [3.8, 4) is 5.75 Å². The van der Waals surface area contributed by atoms with Crippen LogP contribution in [0.15, 0.2) is 53.4 Å². The van der Waals surface area contributed by atoms with Crippen molar-refractivity contribution in [2.24, 2.45) is 5.14 Å². The smallest absolute Gasteiger partial charge is 0.315 e. The van der Waals surface area contributed by atoms with Crippen LogP contribution in [0.3, 0.4) is 0 Å². The molecule has 0 saturated carbocycles. The van der Waals surface area contributed by atoms with Crippen molar-refractivity contribution in [2.45, 2.75) is 24.8 Å². The molecule has 0 fully saturated rings. The van der Waals surface area contributed by atoms with Gasteiger partial charge in [0.05, 0.1) is 12.3 Å². The van der Waals surface area contributed by atoms with Crippen molar-refractivity contribution in [2.75, 3.05) is 11.9 Å². The Bertz CT molecular complexity index is 913. The lowest BCUT2D eigenvalue weighted by Gasteiger charge is -2.12. The molecule has 144 valence electrons. The maximum atomic E-state index is 11.9. The number of primary sulfonamides is 1. The van der Waals surface area contributed by atoms with Gasteiger partial charge in [0.15, 0.2) is 0 Å². The Morgan fingerprint density at radius 1 is 1.11 bits per heavy atom. The monoisotopic (exact) mass is 392 g/mol. The lowest BCUT2D eigenvalue weighted by Crippen LogP contribution is -2.21. The summed E-state index contributed by atoms with van der Waals surface area (Å²) >= 11 is 0. The van der Waals surface area contributed by atoms with E-state index in [-0.39, 0.29) is 29.5 Å². The van der Waals surface area contributed by atoms with Gasteiger partial charge < -0.3 is 14.8 Å². The number of carbonyl (C=O) groups is 2. The zero-order valence-electron chi connectivity index (χ0n) is 14.7. The standard InChI is InChI=1S/C18H20N2O6S/c1-2-25-18(22)11-17(21)20-15-9-8-14(10-16(15)27(19,23)24)26-12-13-6-4-3-5-7-13/h3-10H,2,11-12H2,1H3,(H,20,21)(H2,19,23,24). The number of ether oxygens (including phenoxy) is 2. The first-order valence-electron chi connectivity index (χ1n) is 8.08. The normalized spacial score (nSPS) is 10.9. The Labute approximate surface area is 157 Å². The number of carbonyl (C=O) groups excluding carboxylic acids is 2. The zero-order chi connectivity index (χ0) is 19.9. The van der Waals surface area contributed by atoms with Crippen LogP contribution < -0.4 is 15.2 Å². The average molecular weight is 392 g/mol. The third-order valence-corrected chi connectivity index (χ3v) is 4.34. The lowest BCUT2D eigenvalue weighted by atomic mass is 10.2. The third kappa shape index (κ3) is 6.39. The summed E-state index contributed by atoms with van der Waals surface area (Å²) in [6.07, 6.45) is -0.538. The largest absolute Gasteiger partial charge is 0.489 e. The molecule has 3 N–H and O–H groups in total. The molecule has 0 heterocycles. The van der Waals surface area contributed by atoms with Gasteiger partial charge in [-0.15, -0.1) is 0 Å². The highest BCUT2D eigenvalue weighted by Crippen LogP contribution is 2.26. The van der Waals surface area contributed by atoms with Crippen molar-refractivity contribution in [3.05, 3.63) is 54.1 Å². The van der Waals surface area contributed by atoms with Gasteiger partial charge >= 0.3 is 5.97 Å². The van der Waals surface area contributed by atoms with Gasteiger partial charge in [-0.3, -0.25) is 9.59 Å². The minimum Gasteiger partial charge on any atom is -0.489 e. The summed E-state index contributed by atoms with van der Waals surface area (Å²) in [6, 6.07) is 13.4. The van der Waals surface area contributed by atoms with Gasteiger partial charge in [-0.1, -0.05) is 30.3 Å². The topological polar surface area (TPSA) is 125 Å². The number of nitrogens with one attached hydrogen (secondary N) is 1. The number of esters is 1. The molecule has 0 radical (unpaired) electrons. The fourth-order valence-electron chi connectivity index (χ4n) is 2.21. The summed E-state index contributed by atoms with van der Waals surface area (Å²) in [5, 5.41) is 7.59. The van der Waals surface area contributed by atoms with E-state index in [0.717, 1.165) is 5.56 Å². The lowest BCUT2D eigenvalue weighted by molar-refractivity contribution is -0.145. The van der Waals surface area contributed by atoms with E-state index in [2.05, 4.69) is 10.1 Å². The first kappa shape index (κ1) is 20.4. The van der Waals surface area contributed by atoms with Crippen LogP contribution in [0, 0.1) is 0 Å². The second kappa shape index (κ2) is 9.15. The first-order chi connectivity index (χ1) is 12.8. The molecule has 0 aliphatic rings. The number of anilines is 1.